The van der Waals surface area contributed by atoms with E-state index in [0.29, 0.717) is 19.3 Å². The molecule has 7 atom stereocenters. The molecule has 4 aliphatic carbocycles. The highest BCUT2D eigenvalue weighted by molar-refractivity contribution is 5.96. The zero-order valence-corrected chi connectivity index (χ0v) is 18.2. The van der Waals surface area contributed by atoms with Gasteiger partial charge < -0.3 is 25.3 Å². The quantitative estimate of drug-likeness (QED) is 0.482. The number of allylic oxidation sites excluding steroid dienone is 2. The monoisotopic (exact) mass is 435 g/mol. The number of hydrogen-bond donors (Lipinski definition) is 4. The van der Waals surface area contributed by atoms with Crippen LogP contribution >= 0.6 is 0 Å². The summed E-state index contributed by atoms with van der Waals surface area (Å²) in [4.78, 5) is 28.0. The maximum atomic E-state index is 12.5. The molecule has 0 aromatic rings. The van der Waals surface area contributed by atoms with Gasteiger partial charge in [0.1, 0.15) is 12.2 Å². The second-order valence-corrected chi connectivity index (χ2v) is 10.3. The molecule has 4 rings (SSSR count). The molecule has 4 aliphatic rings. The topological polar surface area (TPSA) is 137 Å². The Morgan fingerprint density at radius 2 is 1.97 bits per heavy atom. The normalized spacial score (nSPS) is 45.3. The maximum Gasteiger partial charge on any atom is 0.344 e. The number of aliphatic hydroxyl groups excluding tert-OH is 2. The molecule has 0 radical (unpaired) electrons. The lowest BCUT2D eigenvalue weighted by Gasteiger charge is -2.60. The molecule has 0 heterocycles. The fourth-order valence-corrected chi connectivity index (χ4v) is 7.54. The number of oxime groups is 1. The fraction of sp³-hybridized carbons (Fsp3) is 0.783. The lowest BCUT2D eigenvalue weighted by Crippen LogP contribution is -2.62. The van der Waals surface area contributed by atoms with Gasteiger partial charge in [0.2, 0.25) is 6.61 Å². The smallest absolute Gasteiger partial charge is 0.344 e. The molecule has 8 nitrogen and oxygen atoms in total. The van der Waals surface area contributed by atoms with Gasteiger partial charge in [0, 0.05) is 5.41 Å². The van der Waals surface area contributed by atoms with Crippen LogP contribution in [0.25, 0.3) is 0 Å². The number of carbonyl (C=O) groups excluding carboxylic acids is 1. The molecule has 8 heteroatoms. The fourth-order valence-electron chi connectivity index (χ4n) is 7.54. The molecule has 0 saturated heterocycles. The van der Waals surface area contributed by atoms with Gasteiger partial charge in [-0.3, -0.25) is 4.79 Å². The minimum absolute atomic E-state index is 0.0265. The van der Waals surface area contributed by atoms with Crippen molar-refractivity contribution in [2.24, 2.45) is 33.7 Å². The van der Waals surface area contributed by atoms with Crippen LogP contribution in [0.1, 0.15) is 58.8 Å². The summed E-state index contributed by atoms with van der Waals surface area (Å²) in [5.41, 5.74) is -0.594. The number of aliphatic carboxylic acids is 1. The van der Waals surface area contributed by atoms with Crippen molar-refractivity contribution in [1.29, 1.82) is 0 Å². The molecule has 3 saturated carbocycles. The molecule has 0 aromatic carbocycles. The van der Waals surface area contributed by atoms with E-state index < -0.39 is 42.1 Å². The third-order valence-corrected chi connectivity index (χ3v) is 9.04. The van der Waals surface area contributed by atoms with E-state index in [1.807, 2.05) is 13.0 Å². The van der Waals surface area contributed by atoms with Crippen LogP contribution in [0.4, 0.5) is 0 Å². The van der Waals surface area contributed by atoms with E-state index in [0.717, 1.165) is 31.4 Å². The van der Waals surface area contributed by atoms with Gasteiger partial charge in [-0.25, -0.2) is 4.79 Å². The summed E-state index contributed by atoms with van der Waals surface area (Å²) < 4.78 is 0. The Hall–Kier alpha value is -1.77. The van der Waals surface area contributed by atoms with Crippen LogP contribution < -0.4 is 0 Å². The number of aliphatic hydroxyl groups is 3. The second kappa shape index (κ2) is 7.67. The van der Waals surface area contributed by atoms with Crippen LogP contribution in [0.5, 0.6) is 0 Å². The van der Waals surface area contributed by atoms with Gasteiger partial charge >= 0.3 is 5.97 Å². The van der Waals surface area contributed by atoms with Crippen molar-refractivity contribution >= 4 is 17.5 Å². The Bertz CT molecular complexity index is 838. The number of hydrogen-bond acceptors (Lipinski definition) is 7. The molecule has 31 heavy (non-hydrogen) atoms. The highest BCUT2D eigenvalue weighted by atomic mass is 16.6. The van der Waals surface area contributed by atoms with E-state index in [1.54, 1.807) is 0 Å². The summed E-state index contributed by atoms with van der Waals surface area (Å²) in [5, 5.41) is 44.8. The van der Waals surface area contributed by atoms with Crippen molar-refractivity contribution in [3.05, 3.63) is 11.6 Å². The molecule has 4 N–H and O–H groups in total. The van der Waals surface area contributed by atoms with Crippen LogP contribution in [0, 0.1) is 28.6 Å². The molecule has 0 amide bonds. The van der Waals surface area contributed by atoms with E-state index >= 15 is 0 Å². The summed E-state index contributed by atoms with van der Waals surface area (Å²) in [6.07, 6.45) is 5.86. The zero-order valence-electron chi connectivity index (χ0n) is 18.2. The molecule has 3 fully saturated rings. The number of carboxylic acids is 1. The average Bonchev–Trinajstić information content (AvgIpc) is 2.98. The van der Waals surface area contributed by atoms with Gasteiger partial charge in [0.15, 0.2) is 5.78 Å². The highest BCUT2D eigenvalue weighted by Crippen LogP contribution is 2.67. The minimum Gasteiger partial charge on any atom is -0.479 e. The number of ketones is 1. The Labute approximate surface area is 182 Å². The molecule has 0 aromatic heterocycles. The first kappa shape index (κ1) is 22.4. The van der Waals surface area contributed by atoms with Crippen molar-refractivity contribution in [2.45, 2.75) is 70.5 Å². The molecular weight excluding hydrogens is 402 g/mol. The first-order valence-corrected chi connectivity index (χ1v) is 11.2. The Morgan fingerprint density at radius 3 is 2.65 bits per heavy atom. The summed E-state index contributed by atoms with van der Waals surface area (Å²) in [5.74, 6) is -1.26. The van der Waals surface area contributed by atoms with Gasteiger partial charge in [0.25, 0.3) is 0 Å². The Morgan fingerprint density at radius 1 is 1.23 bits per heavy atom. The second-order valence-electron chi connectivity index (χ2n) is 10.3. The van der Waals surface area contributed by atoms with E-state index in [-0.39, 0.29) is 23.2 Å². The Kier molecular flexibility index (Phi) is 5.55. The predicted molar refractivity (Wildman–Crippen MR) is 111 cm³/mol. The molecule has 0 spiro atoms. The lowest BCUT2D eigenvalue weighted by molar-refractivity contribution is -0.181. The van der Waals surface area contributed by atoms with E-state index in [4.69, 9.17) is 9.94 Å². The van der Waals surface area contributed by atoms with Gasteiger partial charge in [-0.15, -0.1) is 0 Å². The SMILES string of the molecule is C[C@]12CC/C(=N/OCC(=O)O)C=C1CC[C@H]1[C@@H]2[C@H](O)C[C@@]2(C)[C@@H]1CC[C@]2(O)C(=O)CO. The lowest BCUT2D eigenvalue weighted by atomic mass is 9.45. The molecule has 0 unspecified atom stereocenters. The number of rotatable bonds is 5. The third kappa shape index (κ3) is 3.26. The number of Topliss-reactive ketones (excluding diaryl/α,β-unsaturated/α-hetero) is 1. The first-order valence-electron chi connectivity index (χ1n) is 11.2. The number of carboxylic acid groups (broad SMARTS) is 1. The zero-order chi connectivity index (χ0) is 22.6. The highest BCUT2D eigenvalue weighted by Gasteiger charge is 2.68. The Balaban J connectivity index is 1.62. The van der Waals surface area contributed by atoms with Gasteiger partial charge in [-0.05, 0) is 74.2 Å². The van der Waals surface area contributed by atoms with Crippen LogP contribution in [0.3, 0.4) is 0 Å². The summed E-state index contributed by atoms with van der Waals surface area (Å²) in [6, 6.07) is 0. The molecule has 172 valence electrons. The van der Waals surface area contributed by atoms with Crippen LogP contribution in [0.15, 0.2) is 16.8 Å². The predicted octanol–water partition coefficient (Wildman–Crippen LogP) is 1.67. The first-order chi connectivity index (χ1) is 14.6. The van der Waals surface area contributed by atoms with E-state index in [2.05, 4.69) is 12.1 Å². The van der Waals surface area contributed by atoms with Crippen LogP contribution in [-0.4, -0.2) is 62.8 Å². The van der Waals surface area contributed by atoms with E-state index in [9.17, 15) is 24.9 Å². The van der Waals surface area contributed by atoms with Gasteiger partial charge in [-0.1, -0.05) is 24.6 Å². The van der Waals surface area contributed by atoms with Crippen LogP contribution in [-0.2, 0) is 14.4 Å². The van der Waals surface area contributed by atoms with Crippen molar-refractivity contribution in [3.8, 4) is 0 Å². The standard InChI is InChI=1S/C23H33NO7/c1-21-7-5-14(24-31-12-19(28)29)9-13(21)3-4-15-16-6-8-23(30,18(27)11-25)22(16,2)10-17(26)20(15)21/h9,15-17,20,25-26,30H,3-8,10-12H2,1-2H3,(H,28,29)/b24-14-/t15-,16-,17-,20-,21+,22+,23+/m1/s1. The summed E-state index contributed by atoms with van der Waals surface area (Å²) in [6.45, 7) is 2.95. The largest absolute Gasteiger partial charge is 0.479 e. The van der Waals surface area contributed by atoms with Crippen molar-refractivity contribution in [1.82, 2.24) is 0 Å². The molecular formula is C23H33NO7. The number of fused-ring (bicyclic) bond motifs is 5. The number of nitrogens with zero attached hydrogens (tertiary/aromatic N) is 1. The van der Waals surface area contributed by atoms with Crippen molar-refractivity contribution in [2.75, 3.05) is 13.2 Å². The summed E-state index contributed by atoms with van der Waals surface area (Å²) >= 11 is 0. The minimum atomic E-state index is -1.58. The number of carbonyl (C=O) groups is 2. The maximum absolute atomic E-state index is 12.5. The van der Waals surface area contributed by atoms with Crippen molar-refractivity contribution < 1.29 is 34.9 Å². The van der Waals surface area contributed by atoms with E-state index in [1.165, 1.54) is 5.57 Å². The third-order valence-electron chi connectivity index (χ3n) is 9.04. The van der Waals surface area contributed by atoms with Gasteiger partial charge in [0.05, 0.1) is 11.8 Å². The molecule has 0 aliphatic heterocycles. The van der Waals surface area contributed by atoms with Crippen molar-refractivity contribution in [3.63, 3.8) is 0 Å². The summed E-state index contributed by atoms with van der Waals surface area (Å²) in [7, 11) is 0. The molecule has 0 bridgehead atoms. The van der Waals surface area contributed by atoms with Gasteiger partial charge in [-0.2, -0.15) is 0 Å². The average molecular weight is 436 g/mol. The van der Waals surface area contributed by atoms with Crippen LogP contribution in [0.2, 0.25) is 0 Å².